The molecular weight excluding hydrogens is 1410 g/mol. The maximum absolute atomic E-state index is 10.2. The van der Waals surface area contributed by atoms with Gasteiger partial charge in [-0.3, -0.25) is 0 Å². The van der Waals surface area contributed by atoms with E-state index < -0.39 is 23.4 Å². The Morgan fingerprint density at radius 3 is 1.20 bits per heavy atom. The first-order valence-electron chi connectivity index (χ1n) is 49.0. The number of aliphatic hydroxyl groups is 7. The van der Waals surface area contributed by atoms with E-state index in [1.165, 1.54) is 208 Å². The van der Waals surface area contributed by atoms with Crippen LogP contribution in [0, 0.1) is 122 Å². The third-order valence-corrected chi connectivity index (χ3v) is 35.4. The molecular formula is C108H178O7. The molecule has 0 aliphatic heterocycles. The van der Waals surface area contributed by atoms with Crippen molar-refractivity contribution in [3.05, 3.63) is 118 Å². The van der Waals surface area contributed by atoms with E-state index in [9.17, 15) is 35.7 Å². The zero-order chi connectivity index (χ0) is 83.8. The van der Waals surface area contributed by atoms with Gasteiger partial charge in [-0.15, -0.1) is 0 Å². The highest BCUT2D eigenvalue weighted by Crippen LogP contribution is 2.69. The highest BCUT2D eigenvalue weighted by atomic mass is 16.3. The second-order valence-corrected chi connectivity index (χ2v) is 45.6. The van der Waals surface area contributed by atoms with Crippen molar-refractivity contribution in [3.8, 4) is 0 Å². The van der Waals surface area contributed by atoms with E-state index in [4.69, 9.17) is 0 Å². The molecule has 652 valence electrons. The average Bonchev–Trinajstić information content (AvgIpc) is 1.72. The predicted molar refractivity (Wildman–Crippen MR) is 487 cm³/mol. The lowest BCUT2D eigenvalue weighted by Gasteiger charge is -2.58. The molecule has 0 aromatic carbocycles. The molecule has 115 heavy (non-hydrogen) atoms. The lowest BCUT2D eigenvalue weighted by Crippen LogP contribution is -2.50. The summed E-state index contributed by atoms with van der Waals surface area (Å²) in [4.78, 5) is 0. The van der Waals surface area contributed by atoms with Gasteiger partial charge in [0.15, 0.2) is 0 Å². The van der Waals surface area contributed by atoms with Gasteiger partial charge in [-0.25, -0.2) is 0 Å². The largest absolute Gasteiger partial charge is 0.393 e. The molecule has 0 amide bonds. The van der Waals surface area contributed by atoms with Gasteiger partial charge in [0.05, 0.1) is 41.7 Å². The fraction of sp³-hybridized carbons (Fsp3) is 0.815. The maximum Gasteiger partial charge on any atom is 0.0811 e. The molecule has 0 heterocycles. The Morgan fingerprint density at radius 1 is 0.400 bits per heavy atom. The molecule has 12 saturated carbocycles. The molecule has 24 unspecified atom stereocenters. The lowest BCUT2D eigenvalue weighted by atomic mass is 9.47. The van der Waals surface area contributed by atoms with Crippen molar-refractivity contribution in [1.82, 2.24) is 0 Å². The van der Waals surface area contributed by atoms with Gasteiger partial charge in [-0.1, -0.05) is 250 Å². The van der Waals surface area contributed by atoms with Crippen molar-refractivity contribution in [2.24, 2.45) is 122 Å². The van der Waals surface area contributed by atoms with Gasteiger partial charge in [-0.2, -0.15) is 0 Å². The lowest BCUT2D eigenvalue weighted by molar-refractivity contribution is -0.0573. The predicted octanol–water partition coefficient (Wildman–Crippen LogP) is 27.4. The van der Waals surface area contributed by atoms with Gasteiger partial charge < -0.3 is 35.7 Å². The van der Waals surface area contributed by atoms with Crippen LogP contribution >= 0.6 is 0 Å². The normalized spacial score (nSPS) is 40.0. The summed E-state index contributed by atoms with van der Waals surface area (Å²) in [7, 11) is 0. The molecule has 0 radical (unpaired) electrons. The van der Waals surface area contributed by atoms with Gasteiger partial charge in [0, 0.05) is 6.42 Å². The van der Waals surface area contributed by atoms with Crippen molar-refractivity contribution in [2.45, 2.75) is 436 Å². The SMILES string of the molecule is C=C1/C(=C\C=C2/CCCC3(C)C2CCC3C(C)CCCC(C)(C)O)CC(O)CC1O.C=C1CCC(O)C/C1=C/C=C1\CCCC2(C)C1CCC2C(C)CCCC(C)(C)O.C=C1CCC(O)C/C1=C/C=C1\CCCC2(C)C1CCC2C(C)CCCC(C)C.CC(C)CCCC(C)C1CCC2C3CC=C4CC(O)CCC4(C)C3CCC12C. The molecule has 0 spiro atoms. The van der Waals surface area contributed by atoms with Crippen LogP contribution in [0.4, 0.5) is 0 Å². The molecule has 0 saturated heterocycles. The molecule has 7 nitrogen and oxygen atoms in total. The summed E-state index contributed by atoms with van der Waals surface area (Å²) in [5.41, 5.74) is 14.5. The van der Waals surface area contributed by atoms with E-state index in [0.717, 1.165) is 171 Å². The average molecular weight is 1590 g/mol. The second-order valence-electron chi connectivity index (χ2n) is 45.6. The number of hydrogen-bond donors (Lipinski definition) is 7. The van der Waals surface area contributed by atoms with Gasteiger partial charge in [0.2, 0.25) is 0 Å². The Bertz CT molecular complexity index is 3420. The fourth-order valence-electron chi connectivity index (χ4n) is 28.7. The molecule has 0 aromatic heterocycles. The van der Waals surface area contributed by atoms with Gasteiger partial charge >= 0.3 is 0 Å². The Morgan fingerprint density at radius 2 is 0.783 bits per heavy atom. The molecule has 13 aliphatic carbocycles. The Labute approximate surface area is 706 Å². The fourth-order valence-corrected chi connectivity index (χ4v) is 28.7. The maximum atomic E-state index is 10.2. The van der Waals surface area contributed by atoms with Crippen LogP contribution in [0.2, 0.25) is 0 Å². The van der Waals surface area contributed by atoms with E-state index in [0.29, 0.717) is 51.8 Å². The molecule has 0 bridgehead atoms. The van der Waals surface area contributed by atoms with E-state index in [1.807, 2.05) is 27.7 Å². The van der Waals surface area contributed by atoms with Crippen LogP contribution < -0.4 is 0 Å². The van der Waals surface area contributed by atoms with E-state index in [2.05, 4.69) is 152 Å². The van der Waals surface area contributed by atoms with Crippen LogP contribution in [0.25, 0.3) is 0 Å². The number of aliphatic hydroxyl groups excluding tert-OH is 5. The third kappa shape index (κ3) is 23.3. The first-order chi connectivity index (χ1) is 54.2. The Kier molecular flexibility index (Phi) is 33.3. The minimum absolute atomic E-state index is 0.0766. The first-order valence-corrected chi connectivity index (χ1v) is 49.0. The Hall–Kier alpha value is -2.88. The van der Waals surface area contributed by atoms with Crippen molar-refractivity contribution in [3.63, 3.8) is 0 Å². The van der Waals surface area contributed by atoms with E-state index >= 15 is 0 Å². The van der Waals surface area contributed by atoms with E-state index in [1.54, 1.807) is 22.3 Å². The summed E-state index contributed by atoms with van der Waals surface area (Å²) >= 11 is 0. The highest BCUT2D eigenvalue weighted by Gasteiger charge is 2.60. The monoisotopic (exact) mass is 1590 g/mol. The smallest absolute Gasteiger partial charge is 0.0811 e. The molecule has 24 atom stereocenters. The third-order valence-electron chi connectivity index (χ3n) is 35.4. The minimum Gasteiger partial charge on any atom is -0.393 e. The van der Waals surface area contributed by atoms with Crippen LogP contribution in [0.5, 0.6) is 0 Å². The molecule has 7 N–H and O–H groups in total. The molecule has 12 fully saturated rings. The second kappa shape index (κ2) is 40.6. The van der Waals surface area contributed by atoms with E-state index in [-0.39, 0.29) is 18.3 Å². The van der Waals surface area contributed by atoms with Crippen LogP contribution in [-0.4, -0.2) is 77.5 Å². The van der Waals surface area contributed by atoms with Crippen molar-refractivity contribution >= 4 is 0 Å². The van der Waals surface area contributed by atoms with Gasteiger partial charge in [0.1, 0.15) is 0 Å². The zero-order valence-corrected chi connectivity index (χ0v) is 77.3. The molecule has 13 rings (SSSR count). The zero-order valence-electron chi connectivity index (χ0n) is 77.3. The van der Waals surface area contributed by atoms with Crippen LogP contribution in [0.15, 0.2) is 118 Å². The van der Waals surface area contributed by atoms with Crippen molar-refractivity contribution < 1.29 is 35.7 Å². The molecule has 13 aliphatic rings. The van der Waals surface area contributed by atoms with Gasteiger partial charge in [-0.05, 0) is 377 Å². The standard InChI is InChI=1S/C27H44O3.C27H44O2.C27H46O.C27H44O/c1-18(8-6-14-26(3,4)30)23-12-13-24-20(9-7-15-27(23,24)5)10-11-21-16-22(28)17-25(29)19(21)2;1-19-10-13-23(28)18-22(19)12-11-21-9-7-17-27(5)24(14-15-25(21)27)20(2)8-6-16-26(3,4)29;1-18(2)7-6-8-19(3)23-11-12-24-22-10-9-20-17-21(28)13-15-26(20,4)25(22)14-16-27(23,24)5;1-19(2)8-6-9-21(4)25-15-16-26-22(10-7-17-27(25,26)5)12-13-23-18-24(28)14-11-20(23)3/h10-11,18,22-25,28-30H,2,6-9,12-17H2,1,3-5H3;11-12,20,23-25,28-29H,1,6-10,13-18H2,2-5H3;9,18-19,21-25,28H,6-8,10-17H2,1-5H3;12-13,19,21,24-26,28H,3,6-11,14-18H2,1-2,4-5H3/b20-10+,21-11-;21-11+,22-12-;;22-12+,23-13-. The number of rotatable bonds is 23. The molecule has 0 aromatic rings. The number of fused-ring (bicyclic) bond motifs is 8. The van der Waals surface area contributed by atoms with Gasteiger partial charge in [0.25, 0.3) is 0 Å². The van der Waals surface area contributed by atoms with Crippen molar-refractivity contribution in [2.75, 3.05) is 0 Å². The summed E-state index contributed by atoms with van der Waals surface area (Å²) in [6.07, 6.45) is 66.1. The Balaban J connectivity index is 0.000000162. The first kappa shape index (κ1) is 94.4. The summed E-state index contributed by atoms with van der Waals surface area (Å²) in [6, 6.07) is 0. The van der Waals surface area contributed by atoms with Crippen LogP contribution in [0.3, 0.4) is 0 Å². The number of allylic oxidation sites excluding steroid dienone is 12. The molecule has 7 heteroatoms. The quantitative estimate of drug-likeness (QED) is 0.0505. The summed E-state index contributed by atoms with van der Waals surface area (Å²) in [6.45, 7) is 52.6. The van der Waals surface area contributed by atoms with Crippen LogP contribution in [-0.2, 0) is 0 Å². The topological polar surface area (TPSA) is 142 Å². The number of hydrogen-bond acceptors (Lipinski definition) is 7. The summed E-state index contributed by atoms with van der Waals surface area (Å²) < 4.78 is 0. The van der Waals surface area contributed by atoms with Crippen molar-refractivity contribution in [1.29, 1.82) is 0 Å². The minimum atomic E-state index is -0.615. The summed E-state index contributed by atoms with van der Waals surface area (Å²) in [5.74, 6) is 13.2. The summed E-state index contributed by atoms with van der Waals surface area (Å²) in [5, 5.41) is 70.5. The highest BCUT2D eigenvalue weighted by molar-refractivity contribution is 5.40. The van der Waals surface area contributed by atoms with Crippen LogP contribution in [0.1, 0.15) is 394 Å².